The van der Waals surface area contributed by atoms with Crippen LogP contribution in [0.3, 0.4) is 0 Å². The summed E-state index contributed by atoms with van der Waals surface area (Å²) >= 11 is 0. The summed E-state index contributed by atoms with van der Waals surface area (Å²) in [6.45, 7) is 5.73. The number of carbonyl (C=O) groups is 2. The maximum Gasteiger partial charge on any atom is 0.317 e. The van der Waals surface area contributed by atoms with Gasteiger partial charge in [-0.05, 0) is 25.3 Å². The van der Waals surface area contributed by atoms with Crippen molar-refractivity contribution >= 4 is 11.9 Å². The molecule has 25 heavy (non-hydrogen) atoms. The van der Waals surface area contributed by atoms with Crippen LogP contribution < -0.4 is 5.32 Å². The molecule has 6 heteroatoms. The molecule has 0 aromatic heterocycles. The molecule has 3 amide bonds. The molecule has 0 bridgehead atoms. The van der Waals surface area contributed by atoms with Crippen LogP contribution >= 0.6 is 0 Å². The van der Waals surface area contributed by atoms with Crippen LogP contribution in [0.5, 0.6) is 0 Å². The number of amides is 3. The summed E-state index contributed by atoms with van der Waals surface area (Å²) in [4.78, 5) is 28.9. The zero-order valence-electron chi connectivity index (χ0n) is 14.8. The third-order valence-corrected chi connectivity index (χ3v) is 5.02. The van der Waals surface area contributed by atoms with Crippen LogP contribution in [0.25, 0.3) is 0 Å². The van der Waals surface area contributed by atoms with E-state index >= 15 is 0 Å². The zero-order chi connectivity index (χ0) is 17.6. The molecule has 0 aliphatic carbocycles. The van der Waals surface area contributed by atoms with E-state index in [1.165, 1.54) is 0 Å². The van der Waals surface area contributed by atoms with Crippen LogP contribution in [0.4, 0.5) is 4.79 Å². The van der Waals surface area contributed by atoms with Crippen molar-refractivity contribution in [2.24, 2.45) is 5.92 Å². The quantitative estimate of drug-likeness (QED) is 0.912. The van der Waals surface area contributed by atoms with Crippen molar-refractivity contribution in [3.63, 3.8) is 0 Å². The second-order valence-corrected chi connectivity index (χ2v) is 6.80. The average molecular weight is 345 g/mol. The monoisotopic (exact) mass is 345 g/mol. The van der Waals surface area contributed by atoms with Gasteiger partial charge in [-0.25, -0.2) is 4.79 Å². The number of carbonyl (C=O) groups excluding carboxylic acids is 2. The Labute approximate surface area is 149 Å². The number of ether oxygens (including phenoxy) is 1. The summed E-state index contributed by atoms with van der Waals surface area (Å²) in [5.74, 6) is 0.0709. The highest BCUT2D eigenvalue weighted by atomic mass is 16.5. The molecule has 0 saturated carbocycles. The largest absolute Gasteiger partial charge is 0.378 e. The Bertz CT molecular complexity index is 587. The first-order chi connectivity index (χ1) is 12.1. The first-order valence-electron chi connectivity index (χ1n) is 9.12. The number of hydrogen-bond donors (Lipinski definition) is 1. The van der Waals surface area contributed by atoms with Crippen LogP contribution in [0.15, 0.2) is 30.3 Å². The Morgan fingerprint density at radius 3 is 2.56 bits per heavy atom. The van der Waals surface area contributed by atoms with Crippen molar-refractivity contribution in [2.75, 3.05) is 39.4 Å². The molecule has 1 N–H and O–H groups in total. The summed E-state index contributed by atoms with van der Waals surface area (Å²) in [6.07, 6.45) is 1.72. The number of hydrogen-bond acceptors (Lipinski definition) is 3. The molecule has 3 rings (SSSR count). The van der Waals surface area contributed by atoms with Gasteiger partial charge in [0.15, 0.2) is 0 Å². The summed E-state index contributed by atoms with van der Waals surface area (Å²) < 4.78 is 5.31. The maximum atomic E-state index is 12.7. The van der Waals surface area contributed by atoms with Gasteiger partial charge in [-0.15, -0.1) is 0 Å². The standard InChI is InChI=1S/C19H27N3O3/c1-15(16-6-3-2-4-7-16)20-19(24)22-9-5-8-17(14-22)18(23)21-10-12-25-13-11-21/h2-4,6-7,15,17H,5,8-14H2,1H3,(H,20,24)/t15-,17-/m1/s1. The fourth-order valence-corrected chi connectivity index (χ4v) is 3.51. The summed E-state index contributed by atoms with van der Waals surface area (Å²) in [5.41, 5.74) is 1.08. The molecule has 136 valence electrons. The lowest BCUT2D eigenvalue weighted by atomic mass is 9.96. The molecule has 2 aliphatic heterocycles. The van der Waals surface area contributed by atoms with Gasteiger partial charge < -0.3 is 19.9 Å². The zero-order valence-corrected chi connectivity index (χ0v) is 14.8. The van der Waals surface area contributed by atoms with Gasteiger partial charge >= 0.3 is 6.03 Å². The van der Waals surface area contributed by atoms with Crippen LogP contribution in [0.2, 0.25) is 0 Å². The smallest absolute Gasteiger partial charge is 0.317 e. The predicted octanol–water partition coefficient (Wildman–Crippen LogP) is 2.03. The molecule has 0 radical (unpaired) electrons. The fraction of sp³-hybridized carbons (Fsp3) is 0.579. The number of urea groups is 1. The number of nitrogens with one attached hydrogen (secondary N) is 1. The highest BCUT2D eigenvalue weighted by molar-refractivity contribution is 5.81. The van der Waals surface area contributed by atoms with Gasteiger partial charge in [-0.2, -0.15) is 0 Å². The molecule has 6 nitrogen and oxygen atoms in total. The molecule has 2 heterocycles. The Morgan fingerprint density at radius 1 is 1.12 bits per heavy atom. The van der Waals surface area contributed by atoms with E-state index < -0.39 is 0 Å². The number of benzene rings is 1. The number of morpholine rings is 1. The van der Waals surface area contributed by atoms with Gasteiger partial charge in [-0.3, -0.25) is 4.79 Å². The molecule has 1 aromatic carbocycles. The Hall–Kier alpha value is -2.08. The van der Waals surface area contributed by atoms with Crippen LogP contribution in [-0.4, -0.2) is 61.1 Å². The Balaban J connectivity index is 1.55. The van der Waals surface area contributed by atoms with E-state index in [4.69, 9.17) is 4.74 Å². The summed E-state index contributed by atoms with van der Waals surface area (Å²) in [6, 6.07) is 9.77. The number of piperidine rings is 1. The molecule has 2 atom stereocenters. The molecular weight excluding hydrogens is 318 g/mol. The lowest BCUT2D eigenvalue weighted by molar-refractivity contribution is -0.141. The van der Waals surface area contributed by atoms with Crippen molar-refractivity contribution in [1.29, 1.82) is 0 Å². The Morgan fingerprint density at radius 2 is 1.84 bits per heavy atom. The number of rotatable bonds is 3. The topological polar surface area (TPSA) is 61.9 Å². The average Bonchev–Trinajstić information content (AvgIpc) is 2.68. The molecule has 0 unspecified atom stereocenters. The highest BCUT2D eigenvalue weighted by Gasteiger charge is 2.32. The van der Waals surface area contributed by atoms with Gasteiger partial charge in [0.25, 0.3) is 0 Å². The van der Waals surface area contributed by atoms with E-state index in [9.17, 15) is 9.59 Å². The van der Waals surface area contributed by atoms with Crippen LogP contribution in [0.1, 0.15) is 31.4 Å². The summed E-state index contributed by atoms with van der Waals surface area (Å²) in [5, 5.41) is 3.05. The van der Waals surface area contributed by atoms with E-state index in [0.717, 1.165) is 18.4 Å². The van der Waals surface area contributed by atoms with Crippen LogP contribution in [-0.2, 0) is 9.53 Å². The molecule has 2 fully saturated rings. The highest BCUT2D eigenvalue weighted by Crippen LogP contribution is 2.20. The van der Waals surface area contributed by atoms with Gasteiger partial charge in [0.2, 0.25) is 5.91 Å². The van der Waals surface area contributed by atoms with E-state index in [-0.39, 0.29) is 23.9 Å². The molecule has 1 aromatic rings. The van der Waals surface area contributed by atoms with Gasteiger partial charge in [-0.1, -0.05) is 30.3 Å². The normalized spacial score (nSPS) is 22.4. The lowest BCUT2D eigenvalue weighted by Gasteiger charge is -2.36. The van der Waals surface area contributed by atoms with Crippen LogP contribution in [0, 0.1) is 5.92 Å². The van der Waals surface area contributed by atoms with Gasteiger partial charge in [0, 0.05) is 26.2 Å². The minimum Gasteiger partial charge on any atom is -0.378 e. The SMILES string of the molecule is C[C@@H](NC(=O)N1CCC[C@@H](C(=O)N2CCOCC2)C1)c1ccccc1. The van der Waals surface area contributed by atoms with Gasteiger partial charge in [0.1, 0.15) is 0 Å². The first-order valence-corrected chi connectivity index (χ1v) is 9.12. The third kappa shape index (κ3) is 4.51. The second-order valence-electron chi connectivity index (χ2n) is 6.80. The second kappa shape index (κ2) is 8.34. The van der Waals surface area contributed by atoms with E-state index in [1.807, 2.05) is 42.2 Å². The van der Waals surface area contributed by atoms with Crippen molar-refractivity contribution in [2.45, 2.75) is 25.8 Å². The first kappa shape index (κ1) is 17.7. The van der Waals surface area contributed by atoms with Crippen molar-refractivity contribution in [3.05, 3.63) is 35.9 Å². The number of nitrogens with zero attached hydrogens (tertiary/aromatic N) is 2. The molecule has 2 saturated heterocycles. The molecule has 2 aliphatic rings. The van der Waals surface area contributed by atoms with E-state index in [1.54, 1.807) is 4.90 Å². The minimum absolute atomic E-state index is 0.0518. The van der Waals surface area contributed by atoms with Crippen molar-refractivity contribution in [1.82, 2.24) is 15.1 Å². The molecule has 0 spiro atoms. The van der Waals surface area contributed by atoms with Crippen molar-refractivity contribution < 1.29 is 14.3 Å². The number of likely N-dealkylation sites (tertiary alicyclic amines) is 1. The predicted molar refractivity (Wildman–Crippen MR) is 95.1 cm³/mol. The summed E-state index contributed by atoms with van der Waals surface area (Å²) in [7, 11) is 0. The van der Waals surface area contributed by atoms with Gasteiger partial charge in [0.05, 0.1) is 25.2 Å². The molecular formula is C19H27N3O3. The lowest BCUT2D eigenvalue weighted by Crippen LogP contribution is -2.51. The fourth-order valence-electron chi connectivity index (χ4n) is 3.51. The van der Waals surface area contributed by atoms with E-state index in [0.29, 0.717) is 39.4 Å². The maximum absolute atomic E-state index is 12.7. The Kier molecular flexibility index (Phi) is 5.91. The minimum atomic E-state index is -0.0929. The van der Waals surface area contributed by atoms with Crippen molar-refractivity contribution in [3.8, 4) is 0 Å². The van der Waals surface area contributed by atoms with E-state index in [2.05, 4.69) is 5.32 Å². The third-order valence-electron chi connectivity index (χ3n) is 5.02.